The maximum atomic E-state index is 11.8. The molecule has 7 heteroatoms. The molecule has 2 rings (SSSR count). The molecule has 1 amide bonds. The number of amides is 1. The molecule has 1 aliphatic carbocycles. The molecule has 1 aromatic rings. The van der Waals surface area contributed by atoms with Gasteiger partial charge >= 0.3 is 5.97 Å². The summed E-state index contributed by atoms with van der Waals surface area (Å²) in [6.45, 7) is -0.790. The molecular weight excluding hydrogens is 310 g/mol. The molecule has 0 aromatic heterocycles. The van der Waals surface area contributed by atoms with Crippen molar-refractivity contribution in [2.24, 2.45) is 0 Å². The van der Waals surface area contributed by atoms with E-state index >= 15 is 0 Å². The summed E-state index contributed by atoms with van der Waals surface area (Å²) < 4.78 is 10.0. The van der Waals surface area contributed by atoms with Gasteiger partial charge in [-0.05, 0) is 49.9 Å². The number of nitrogens with zero attached hydrogens (tertiary/aromatic N) is 2. The second-order valence-corrected chi connectivity index (χ2v) is 5.53. The van der Waals surface area contributed by atoms with E-state index in [1.807, 2.05) is 6.07 Å². The van der Waals surface area contributed by atoms with Crippen LogP contribution in [-0.2, 0) is 14.3 Å². The predicted octanol–water partition coefficient (Wildman–Crippen LogP) is 1.43. The highest BCUT2D eigenvalue weighted by Gasteiger charge is 2.35. The fourth-order valence-corrected chi connectivity index (χ4v) is 2.50. The molecule has 124 valence electrons. The van der Waals surface area contributed by atoms with Gasteiger partial charge in [0.25, 0.3) is 5.91 Å². The van der Waals surface area contributed by atoms with E-state index in [0.717, 1.165) is 12.8 Å². The summed E-state index contributed by atoms with van der Waals surface area (Å²) >= 11 is 0. The van der Waals surface area contributed by atoms with Gasteiger partial charge in [0.2, 0.25) is 0 Å². The normalized spacial score (nSPS) is 14.9. The molecule has 0 bridgehead atoms. The van der Waals surface area contributed by atoms with Crippen LogP contribution in [0.2, 0.25) is 0 Å². The zero-order valence-corrected chi connectivity index (χ0v) is 13.1. The van der Waals surface area contributed by atoms with Crippen LogP contribution in [0.4, 0.5) is 0 Å². The molecule has 24 heavy (non-hydrogen) atoms. The van der Waals surface area contributed by atoms with Gasteiger partial charge in [-0.3, -0.25) is 4.79 Å². The molecule has 0 spiro atoms. The van der Waals surface area contributed by atoms with Gasteiger partial charge in [0.05, 0.1) is 17.7 Å². The lowest BCUT2D eigenvalue weighted by atomic mass is 10.00. The summed E-state index contributed by atoms with van der Waals surface area (Å²) in [6, 6.07) is 10.4. The van der Waals surface area contributed by atoms with Crippen molar-refractivity contribution in [3.63, 3.8) is 0 Å². The zero-order chi connectivity index (χ0) is 17.4. The Kier molecular flexibility index (Phi) is 5.75. The maximum absolute atomic E-state index is 11.8. The Morgan fingerprint density at radius 3 is 2.38 bits per heavy atom. The number of benzene rings is 1. The SMILES string of the molecule is N#Cc1ccc(OCC(=O)OCC(=O)NC2(C#N)CCCC2)cc1. The molecule has 0 aliphatic heterocycles. The number of hydrogen-bond acceptors (Lipinski definition) is 6. The van der Waals surface area contributed by atoms with E-state index in [2.05, 4.69) is 11.4 Å². The average Bonchev–Trinajstić information content (AvgIpc) is 3.07. The van der Waals surface area contributed by atoms with Crippen LogP contribution in [0.15, 0.2) is 24.3 Å². The van der Waals surface area contributed by atoms with Crippen LogP contribution in [0.25, 0.3) is 0 Å². The topological polar surface area (TPSA) is 112 Å². The lowest BCUT2D eigenvalue weighted by molar-refractivity contribution is -0.150. The van der Waals surface area contributed by atoms with Crippen molar-refractivity contribution < 1.29 is 19.1 Å². The van der Waals surface area contributed by atoms with E-state index < -0.39 is 24.0 Å². The second-order valence-electron chi connectivity index (χ2n) is 5.53. The third-order valence-electron chi connectivity index (χ3n) is 3.75. The standard InChI is InChI=1S/C17H17N3O4/c18-9-13-3-5-14(6-4-13)23-11-16(22)24-10-15(21)20-17(12-19)7-1-2-8-17/h3-6H,1-2,7-8,10-11H2,(H,20,21). The Morgan fingerprint density at radius 1 is 1.12 bits per heavy atom. The summed E-state index contributed by atoms with van der Waals surface area (Å²) in [5, 5.41) is 20.5. The Hall–Kier alpha value is -3.06. The number of carbonyl (C=O) groups excluding carboxylic acids is 2. The van der Waals surface area contributed by atoms with Crippen LogP contribution < -0.4 is 10.1 Å². The fourth-order valence-electron chi connectivity index (χ4n) is 2.50. The van der Waals surface area contributed by atoms with Crippen molar-refractivity contribution in [2.45, 2.75) is 31.2 Å². The molecule has 0 radical (unpaired) electrons. The molecule has 1 N–H and O–H groups in total. The van der Waals surface area contributed by atoms with Gasteiger partial charge in [-0.2, -0.15) is 10.5 Å². The molecule has 0 saturated heterocycles. The number of carbonyl (C=O) groups is 2. The van der Waals surface area contributed by atoms with E-state index in [4.69, 9.17) is 14.7 Å². The highest BCUT2D eigenvalue weighted by atomic mass is 16.6. The van der Waals surface area contributed by atoms with Gasteiger partial charge in [0.15, 0.2) is 13.2 Å². The van der Waals surface area contributed by atoms with E-state index in [9.17, 15) is 14.9 Å². The Balaban J connectivity index is 1.71. The van der Waals surface area contributed by atoms with Gasteiger partial charge in [-0.1, -0.05) is 0 Å². The number of esters is 1. The smallest absolute Gasteiger partial charge is 0.344 e. The van der Waals surface area contributed by atoms with Crippen molar-refractivity contribution in [2.75, 3.05) is 13.2 Å². The lowest BCUT2D eigenvalue weighted by Crippen LogP contribution is -2.46. The van der Waals surface area contributed by atoms with Crippen LogP contribution in [0.5, 0.6) is 5.75 Å². The van der Waals surface area contributed by atoms with Crippen molar-refractivity contribution >= 4 is 11.9 Å². The molecular formula is C17H17N3O4. The zero-order valence-electron chi connectivity index (χ0n) is 13.1. The second kappa shape index (κ2) is 7.98. The minimum Gasteiger partial charge on any atom is -0.482 e. The van der Waals surface area contributed by atoms with E-state index in [0.29, 0.717) is 24.2 Å². The summed E-state index contributed by atoms with van der Waals surface area (Å²) in [5.41, 5.74) is -0.345. The Bertz CT molecular complexity index is 679. The lowest BCUT2D eigenvalue weighted by Gasteiger charge is -2.21. The van der Waals surface area contributed by atoms with Crippen LogP contribution in [0.3, 0.4) is 0 Å². The molecule has 7 nitrogen and oxygen atoms in total. The van der Waals surface area contributed by atoms with Crippen molar-refractivity contribution in [1.82, 2.24) is 5.32 Å². The maximum Gasteiger partial charge on any atom is 0.344 e. The number of nitriles is 2. The average molecular weight is 327 g/mol. The summed E-state index contributed by atoms with van der Waals surface area (Å²) in [5.74, 6) is -0.762. The number of hydrogen-bond donors (Lipinski definition) is 1. The van der Waals surface area contributed by atoms with Crippen LogP contribution >= 0.6 is 0 Å². The number of nitrogens with one attached hydrogen (secondary N) is 1. The predicted molar refractivity (Wildman–Crippen MR) is 82.6 cm³/mol. The molecule has 1 saturated carbocycles. The molecule has 0 unspecified atom stereocenters. The molecule has 0 atom stereocenters. The first-order chi connectivity index (χ1) is 11.6. The highest BCUT2D eigenvalue weighted by molar-refractivity contribution is 5.81. The number of ether oxygens (including phenoxy) is 2. The van der Waals surface area contributed by atoms with Crippen LogP contribution in [0, 0.1) is 22.7 Å². The summed E-state index contributed by atoms with van der Waals surface area (Å²) in [7, 11) is 0. The van der Waals surface area contributed by atoms with Crippen molar-refractivity contribution in [3.05, 3.63) is 29.8 Å². The van der Waals surface area contributed by atoms with Crippen LogP contribution in [0.1, 0.15) is 31.2 Å². The third kappa shape index (κ3) is 4.72. The van der Waals surface area contributed by atoms with E-state index in [-0.39, 0.29) is 6.61 Å². The highest BCUT2D eigenvalue weighted by Crippen LogP contribution is 2.28. The summed E-state index contributed by atoms with van der Waals surface area (Å²) in [4.78, 5) is 23.4. The molecule has 0 heterocycles. The Morgan fingerprint density at radius 2 is 1.79 bits per heavy atom. The van der Waals surface area contributed by atoms with Gasteiger partial charge < -0.3 is 14.8 Å². The minimum atomic E-state index is -0.831. The van der Waals surface area contributed by atoms with Crippen molar-refractivity contribution in [3.8, 4) is 17.9 Å². The minimum absolute atomic E-state index is 0.345. The quantitative estimate of drug-likeness (QED) is 0.791. The van der Waals surface area contributed by atoms with Gasteiger partial charge in [0.1, 0.15) is 11.3 Å². The van der Waals surface area contributed by atoms with E-state index in [1.54, 1.807) is 24.3 Å². The van der Waals surface area contributed by atoms with Gasteiger partial charge in [-0.25, -0.2) is 4.79 Å². The van der Waals surface area contributed by atoms with E-state index in [1.165, 1.54) is 0 Å². The van der Waals surface area contributed by atoms with Crippen molar-refractivity contribution in [1.29, 1.82) is 10.5 Å². The largest absolute Gasteiger partial charge is 0.482 e. The monoisotopic (exact) mass is 327 g/mol. The van der Waals surface area contributed by atoms with Crippen LogP contribution in [-0.4, -0.2) is 30.6 Å². The first-order valence-electron chi connectivity index (χ1n) is 7.58. The number of rotatable bonds is 6. The van der Waals surface area contributed by atoms with Gasteiger partial charge in [0, 0.05) is 0 Å². The Labute approximate surface area is 139 Å². The van der Waals surface area contributed by atoms with Gasteiger partial charge in [-0.15, -0.1) is 0 Å². The third-order valence-corrected chi connectivity index (χ3v) is 3.75. The molecule has 1 aromatic carbocycles. The first kappa shape index (κ1) is 17.3. The fraction of sp³-hybridized carbons (Fsp3) is 0.412. The molecule has 1 aliphatic rings. The first-order valence-corrected chi connectivity index (χ1v) is 7.58. The molecule has 1 fully saturated rings. The summed E-state index contributed by atoms with van der Waals surface area (Å²) in [6.07, 6.45) is 3.02.